The number of benzene rings is 1. The van der Waals surface area contributed by atoms with Gasteiger partial charge in [0.25, 0.3) is 5.69 Å². The van der Waals surface area contributed by atoms with E-state index < -0.39 is 4.92 Å². The summed E-state index contributed by atoms with van der Waals surface area (Å²) in [5, 5.41) is 19.7. The molecule has 0 bridgehead atoms. The Morgan fingerprint density at radius 3 is 2.69 bits per heavy atom. The first-order valence-corrected chi connectivity index (χ1v) is 4.84. The number of anilines is 2. The zero-order valence-electron chi connectivity index (χ0n) is 9.25. The molecule has 0 saturated heterocycles. The fourth-order valence-electron chi connectivity index (χ4n) is 1.30. The highest BCUT2D eigenvalue weighted by atomic mass is 16.6. The molecule has 1 rings (SSSR count). The Morgan fingerprint density at radius 1 is 1.56 bits per heavy atom. The van der Waals surface area contributed by atoms with E-state index in [1.165, 1.54) is 12.1 Å². The molecule has 6 heteroatoms. The Morgan fingerprint density at radius 2 is 2.19 bits per heavy atom. The first-order valence-electron chi connectivity index (χ1n) is 4.84. The maximum absolute atomic E-state index is 10.6. The van der Waals surface area contributed by atoms with Crippen molar-refractivity contribution in [3.63, 3.8) is 0 Å². The number of nitro benzene ring substituents is 1. The van der Waals surface area contributed by atoms with Crippen LogP contribution in [0.3, 0.4) is 0 Å². The number of nitrogens with zero attached hydrogens (tertiary/aromatic N) is 2. The Balaban J connectivity index is 3.09. The number of hydrogen-bond acceptors (Lipinski definition) is 5. The number of aliphatic hydroxyl groups is 1. The van der Waals surface area contributed by atoms with Crippen molar-refractivity contribution in [3.8, 4) is 0 Å². The molecular weight excluding hydrogens is 210 g/mol. The molecule has 1 aromatic carbocycles. The van der Waals surface area contributed by atoms with E-state index in [9.17, 15) is 10.1 Å². The van der Waals surface area contributed by atoms with Crippen molar-refractivity contribution < 1.29 is 10.0 Å². The minimum atomic E-state index is -0.489. The van der Waals surface area contributed by atoms with Gasteiger partial charge in [0, 0.05) is 36.6 Å². The SMILES string of the molecule is CC(CO)N(C)c1cc(N)cc([N+](=O)[O-])c1. The minimum absolute atomic E-state index is 0.0287. The van der Waals surface area contributed by atoms with Crippen molar-refractivity contribution in [1.29, 1.82) is 0 Å². The quantitative estimate of drug-likeness (QED) is 0.453. The normalized spacial score (nSPS) is 12.2. The molecule has 0 aromatic heterocycles. The molecular formula is C10H15N3O3. The highest BCUT2D eigenvalue weighted by molar-refractivity contribution is 5.62. The summed E-state index contributed by atoms with van der Waals surface area (Å²) in [6.07, 6.45) is 0. The van der Waals surface area contributed by atoms with Crippen LogP contribution in [0.4, 0.5) is 17.1 Å². The smallest absolute Gasteiger partial charge is 0.273 e. The number of hydrogen-bond donors (Lipinski definition) is 2. The first-order chi connectivity index (χ1) is 7.45. The van der Waals surface area contributed by atoms with Gasteiger partial charge in [0.15, 0.2) is 0 Å². The topological polar surface area (TPSA) is 92.6 Å². The summed E-state index contributed by atoms with van der Waals surface area (Å²) < 4.78 is 0. The molecule has 1 atom stereocenters. The van der Waals surface area contributed by atoms with Gasteiger partial charge in [-0.1, -0.05) is 0 Å². The van der Waals surface area contributed by atoms with Gasteiger partial charge in [0.05, 0.1) is 11.5 Å². The van der Waals surface area contributed by atoms with Crippen LogP contribution in [0.1, 0.15) is 6.92 Å². The van der Waals surface area contributed by atoms with Gasteiger partial charge < -0.3 is 15.7 Å². The molecule has 16 heavy (non-hydrogen) atoms. The lowest BCUT2D eigenvalue weighted by molar-refractivity contribution is -0.384. The van der Waals surface area contributed by atoms with E-state index in [1.807, 2.05) is 6.92 Å². The maximum atomic E-state index is 10.6. The van der Waals surface area contributed by atoms with E-state index in [0.717, 1.165) is 0 Å². The fourth-order valence-corrected chi connectivity index (χ4v) is 1.30. The highest BCUT2D eigenvalue weighted by Gasteiger charge is 2.14. The van der Waals surface area contributed by atoms with Crippen molar-refractivity contribution in [3.05, 3.63) is 28.3 Å². The van der Waals surface area contributed by atoms with E-state index in [2.05, 4.69) is 0 Å². The van der Waals surface area contributed by atoms with Gasteiger partial charge in [0.2, 0.25) is 0 Å². The third-order valence-electron chi connectivity index (χ3n) is 2.47. The van der Waals surface area contributed by atoms with Gasteiger partial charge in [-0.05, 0) is 13.0 Å². The molecule has 1 unspecified atom stereocenters. The summed E-state index contributed by atoms with van der Waals surface area (Å²) in [4.78, 5) is 11.9. The summed E-state index contributed by atoms with van der Waals surface area (Å²) >= 11 is 0. The van der Waals surface area contributed by atoms with E-state index in [4.69, 9.17) is 10.8 Å². The van der Waals surface area contributed by atoms with Gasteiger partial charge in [0.1, 0.15) is 0 Å². The van der Waals surface area contributed by atoms with E-state index in [1.54, 1.807) is 18.0 Å². The van der Waals surface area contributed by atoms with E-state index >= 15 is 0 Å². The monoisotopic (exact) mass is 225 g/mol. The Kier molecular flexibility index (Phi) is 3.68. The van der Waals surface area contributed by atoms with Gasteiger partial charge in [-0.3, -0.25) is 10.1 Å². The van der Waals surface area contributed by atoms with Crippen molar-refractivity contribution in [1.82, 2.24) is 0 Å². The number of likely N-dealkylation sites (N-methyl/N-ethyl adjacent to an activating group) is 1. The average molecular weight is 225 g/mol. The lowest BCUT2D eigenvalue weighted by Gasteiger charge is -2.25. The summed E-state index contributed by atoms with van der Waals surface area (Å²) in [6.45, 7) is 1.79. The van der Waals surface area contributed by atoms with Crippen molar-refractivity contribution in [2.24, 2.45) is 0 Å². The van der Waals surface area contributed by atoms with Crippen molar-refractivity contribution in [2.75, 3.05) is 24.3 Å². The maximum Gasteiger partial charge on any atom is 0.273 e. The van der Waals surface area contributed by atoms with E-state index in [0.29, 0.717) is 11.4 Å². The van der Waals surface area contributed by atoms with Crippen LogP contribution in [-0.2, 0) is 0 Å². The van der Waals surface area contributed by atoms with Gasteiger partial charge in [-0.25, -0.2) is 0 Å². The molecule has 0 aliphatic rings. The Bertz CT molecular complexity index is 395. The molecule has 0 amide bonds. The lowest BCUT2D eigenvalue weighted by Crippen LogP contribution is -2.31. The van der Waals surface area contributed by atoms with E-state index in [-0.39, 0.29) is 18.3 Å². The molecule has 0 aliphatic carbocycles. The number of rotatable bonds is 4. The van der Waals surface area contributed by atoms with Crippen LogP contribution in [0, 0.1) is 10.1 Å². The zero-order chi connectivity index (χ0) is 12.3. The Hall–Kier alpha value is -1.82. The summed E-state index contributed by atoms with van der Waals surface area (Å²) in [6, 6.07) is 4.25. The second-order valence-electron chi connectivity index (χ2n) is 3.68. The molecule has 0 aliphatic heterocycles. The highest BCUT2D eigenvalue weighted by Crippen LogP contribution is 2.25. The summed E-state index contributed by atoms with van der Waals surface area (Å²) in [7, 11) is 1.75. The van der Waals surface area contributed by atoms with Crippen LogP contribution in [0.2, 0.25) is 0 Å². The molecule has 0 saturated carbocycles. The summed E-state index contributed by atoms with van der Waals surface area (Å²) in [5.74, 6) is 0. The lowest BCUT2D eigenvalue weighted by atomic mass is 10.2. The number of nitrogen functional groups attached to an aromatic ring is 1. The molecule has 0 heterocycles. The number of nitrogens with two attached hydrogens (primary N) is 1. The second kappa shape index (κ2) is 4.80. The number of aliphatic hydroxyl groups excluding tert-OH is 1. The molecule has 1 aromatic rings. The average Bonchev–Trinajstić information content (AvgIpc) is 2.26. The first kappa shape index (κ1) is 12.3. The second-order valence-corrected chi connectivity index (χ2v) is 3.68. The van der Waals surface area contributed by atoms with Crippen LogP contribution < -0.4 is 10.6 Å². The van der Waals surface area contributed by atoms with Crippen LogP contribution in [-0.4, -0.2) is 29.7 Å². The summed E-state index contributed by atoms with van der Waals surface area (Å²) in [5.41, 5.74) is 6.49. The van der Waals surface area contributed by atoms with Crippen molar-refractivity contribution >= 4 is 17.1 Å². The van der Waals surface area contributed by atoms with Crippen molar-refractivity contribution in [2.45, 2.75) is 13.0 Å². The van der Waals surface area contributed by atoms with Gasteiger partial charge in [-0.2, -0.15) is 0 Å². The number of non-ortho nitro benzene ring substituents is 1. The van der Waals surface area contributed by atoms with Gasteiger partial charge in [-0.15, -0.1) is 0 Å². The predicted octanol–water partition coefficient (Wildman–Crippen LogP) is 0.994. The molecule has 0 spiro atoms. The third-order valence-corrected chi connectivity index (χ3v) is 2.47. The third kappa shape index (κ3) is 2.60. The van der Waals surface area contributed by atoms with Gasteiger partial charge >= 0.3 is 0 Å². The minimum Gasteiger partial charge on any atom is -0.398 e. The standard InChI is InChI=1S/C10H15N3O3/c1-7(6-14)12(2)9-3-8(11)4-10(5-9)13(15)16/h3-5,7,14H,6,11H2,1-2H3. The fraction of sp³-hybridized carbons (Fsp3) is 0.400. The van der Waals surface area contributed by atoms with Crippen LogP contribution in [0.5, 0.6) is 0 Å². The molecule has 0 radical (unpaired) electrons. The Labute approximate surface area is 93.4 Å². The molecule has 88 valence electrons. The zero-order valence-corrected chi connectivity index (χ0v) is 9.25. The molecule has 3 N–H and O–H groups in total. The molecule has 0 fully saturated rings. The van der Waals surface area contributed by atoms with Crippen LogP contribution >= 0.6 is 0 Å². The largest absolute Gasteiger partial charge is 0.398 e. The number of nitro groups is 1. The van der Waals surface area contributed by atoms with Crippen LogP contribution in [0.15, 0.2) is 18.2 Å². The molecule has 6 nitrogen and oxygen atoms in total. The van der Waals surface area contributed by atoms with Crippen LogP contribution in [0.25, 0.3) is 0 Å². The predicted molar refractivity (Wildman–Crippen MR) is 62.5 cm³/mol.